The number of pyridine rings is 1. The molecule has 0 saturated heterocycles. The quantitative estimate of drug-likeness (QED) is 0.298. The number of ether oxygens (including phenoxy) is 3. The number of rotatable bonds is 11. The minimum Gasteiger partial charge on any atom is -0.488 e. The number of likely N-dealkylation sites (N-methyl/N-ethyl adjacent to an activating group) is 1. The van der Waals surface area contributed by atoms with E-state index in [1.54, 1.807) is 30.3 Å². The van der Waals surface area contributed by atoms with E-state index in [0.29, 0.717) is 46.4 Å². The number of benzene rings is 2. The Kier molecular flexibility index (Phi) is 8.71. The Hall–Kier alpha value is -3.95. The van der Waals surface area contributed by atoms with Crippen LogP contribution in [0, 0.1) is 0 Å². The number of hydrogen-bond acceptors (Lipinski definition) is 8. The van der Waals surface area contributed by atoms with Crippen molar-refractivity contribution < 1.29 is 19.0 Å². The lowest BCUT2D eigenvalue weighted by molar-refractivity contribution is -0.134. The molecule has 0 bridgehead atoms. The number of carbonyl (C=O) groups is 1. The van der Waals surface area contributed by atoms with Gasteiger partial charge in [-0.15, -0.1) is 0 Å². The fourth-order valence-corrected chi connectivity index (χ4v) is 3.95. The molecule has 0 aliphatic heterocycles. The first-order valence-corrected chi connectivity index (χ1v) is 12.0. The van der Waals surface area contributed by atoms with Crippen LogP contribution >= 0.6 is 11.6 Å². The molecular weight excluding hydrogens is 494 g/mol. The number of methoxy groups -OCH3 is 1. The number of anilines is 2. The van der Waals surface area contributed by atoms with Gasteiger partial charge in [0.15, 0.2) is 0 Å². The Bertz CT molecular complexity index is 1350. The second-order valence-electron chi connectivity index (χ2n) is 8.39. The van der Waals surface area contributed by atoms with E-state index in [0.717, 1.165) is 11.4 Å². The number of carbonyl (C=O) groups excluding carboxylic acids is 1. The molecule has 0 spiro atoms. The monoisotopic (exact) mass is 521 g/mol. The molecule has 0 radical (unpaired) electrons. The van der Waals surface area contributed by atoms with E-state index in [-0.39, 0.29) is 18.6 Å². The highest BCUT2D eigenvalue weighted by atomic mass is 35.5. The van der Waals surface area contributed by atoms with Crippen molar-refractivity contribution >= 4 is 39.9 Å². The van der Waals surface area contributed by atoms with Crippen molar-refractivity contribution in [2.75, 3.05) is 32.6 Å². The average molecular weight is 522 g/mol. The lowest BCUT2D eigenvalue weighted by Gasteiger charge is -2.23. The topological polar surface area (TPSA) is 98.7 Å². The van der Waals surface area contributed by atoms with Gasteiger partial charge in [0, 0.05) is 26.0 Å². The smallest absolute Gasteiger partial charge is 0.248 e. The van der Waals surface area contributed by atoms with E-state index < -0.39 is 0 Å². The lowest BCUT2D eigenvalue weighted by atomic mass is 10.2. The molecule has 192 valence electrons. The third-order valence-electron chi connectivity index (χ3n) is 5.47. The second-order valence-corrected chi connectivity index (χ2v) is 8.80. The van der Waals surface area contributed by atoms with Crippen LogP contribution in [0.25, 0.3) is 10.9 Å². The highest BCUT2D eigenvalue weighted by Gasteiger charge is 2.17. The van der Waals surface area contributed by atoms with Gasteiger partial charge in [-0.1, -0.05) is 23.7 Å². The van der Waals surface area contributed by atoms with E-state index in [9.17, 15) is 4.79 Å². The molecule has 10 heteroatoms. The summed E-state index contributed by atoms with van der Waals surface area (Å²) in [6.07, 6.45) is 2.92. The zero-order valence-corrected chi connectivity index (χ0v) is 21.6. The highest BCUT2D eigenvalue weighted by molar-refractivity contribution is 6.32. The van der Waals surface area contributed by atoms with Gasteiger partial charge in [0.05, 0.1) is 28.2 Å². The molecule has 4 aromatic rings. The van der Waals surface area contributed by atoms with E-state index in [1.807, 2.05) is 49.4 Å². The second kappa shape index (κ2) is 12.3. The SMILES string of the molecule is COCC(=O)N(C)CC(C)Oc1cccc2ncnc(Nc3ccc(OCc4ccccn4)c(Cl)c3)c12. The summed E-state index contributed by atoms with van der Waals surface area (Å²) in [4.78, 5) is 26.7. The summed E-state index contributed by atoms with van der Waals surface area (Å²) >= 11 is 6.49. The molecule has 1 amide bonds. The molecule has 1 unspecified atom stereocenters. The van der Waals surface area contributed by atoms with Gasteiger partial charge in [-0.2, -0.15) is 0 Å². The Morgan fingerprint density at radius 3 is 2.70 bits per heavy atom. The number of nitrogens with zero attached hydrogens (tertiary/aromatic N) is 4. The molecule has 0 aliphatic carbocycles. The first-order chi connectivity index (χ1) is 17.9. The molecule has 2 aromatic carbocycles. The maximum Gasteiger partial charge on any atom is 0.248 e. The third-order valence-corrected chi connectivity index (χ3v) is 5.77. The number of fused-ring (bicyclic) bond motifs is 1. The summed E-state index contributed by atoms with van der Waals surface area (Å²) < 4.78 is 17.0. The molecule has 2 heterocycles. The predicted octanol–water partition coefficient (Wildman–Crippen LogP) is 4.87. The maximum atomic E-state index is 12.1. The number of nitrogens with one attached hydrogen (secondary N) is 1. The molecule has 0 aliphatic rings. The van der Waals surface area contributed by atoms with Crippen LogP contribution in [0.4, 0.5) is 11.5 Å². The van der Waals surface area contributed by atoms with Crippen molar-refractivity contribution in [3.05, 3.63) is 77.8 Å². The Labute approximate surface area is 220 Å². The molecular formula is C27H28ClN5O4. The summed E-state index contributed by atoms with van der Waals surface area (Å²) in [7, 11) is 3.21. The Morgan fingerprint density at radius 1 is 1.08 bits per heavy atom. The van der Waals surface area contributed by atoms with Crippen molar-refractivity contribution in [2.45, 2.75) is 19.6 Å². The van der Waals surface area contributed by atoms with Crippen molar-refractivity contribution in [1.29, 1.82) is 0 Å². The Morgan fingerprint density at radius 2 is 1.95 bits per heavy atom. The fourth-order valence-electron chi connectivity index (χ4n) is 3.71. The zero-order valence-electron chi connectivity index (χ0n) is 20.8. The van der Waals surface area contributed by atoms with Crippen LogP contribution in [-0.2, 0) is 16.1 Å². The highest BCUT2D eigenvalue weighted by Crippen LogP contribution is 2.34. The number of halogens is 1. The summed E-state index contributed by atoms with van der Waals surface area (Å²) in [6, 6.07) is 16.7. The minimum absolute atomic E-state index is 0.0227. The number of hydrogen-bond donors (Lipinski definition) is 1. The predicted molar refractivity (Wildman–Crippen MR) is 142 cm³/mol. The largest absolute Gasteiger partial charge is 0.488 e. The van der Waals surface area contributed by atoms with Crippen LogP contribution in [0.3, 0.4) is 0 Å². The van der Waals surface area contributed by atoms with Crippen LogP contribution in [-0.4, -0.2) is 59.2 Å². The first-order valence-electron chi connectivity index (χ1n) is 11.7. The molecule has 9 nitrogen and oxygen atoms in total. The zero-order chi connectivity index (χ0) is 26.2. The van der Waals surface area contributed by atoms with Gasteiger partial charge in [-0.25, -0.2) is 9.97 Å². The number of amides is 1. The van der Waals surface area contributed by atoms with Crippen LogP contribution in [0.15, 0.2) is 67.1 Å². The van der Waals surface area contributed by atoms with Gasteiger partial charge in [-0.05, 0) is 49.4 Å². The third kappa shape index (κ3) is 6.84. The fraction of sp³-hybridized carbons (Fsp3) is 0.259. The van der Waals surface area contributed by atoms with Crippen LogP contribution in [0.2, 0.25) is 5.02 Å². The van der Waals surface area contributed by atoms with Crippen molar-refractivity contribution in [1.82, 2.24) is 19.9 Å². The van der Waals surface area contributed by atoms with Gasteiger partial charge in [0.2, 0.25) is 5.91 Å². The lowest BCUT2D eigenvalue weighted by Crippen LogP contribution is -2.37. The molecule has 37 heavy (non-hydrogen) atoms. The first kappa shape index (κ1) is 26.1. The molecule has 1 N–H and O–H groups in total. The van der Waals surface area contributed by atoms with Gasteiger partial charge in [-0.3, -0.25) is 9.78 Å². The summed E-state index contributed by atoms with van der Waals surface area (Å²) in [5.41, 5.74) is 2.25. The van der Waals surface area contributed by atoms with Gasteiger partial charge in [0.1, 0.15) is 43.0 Å². The normalized spacial score (nSPS) is 11.7. The van der Waals surface area contributed by atoms with Gasteiger partial charge >= 0.3 is 0 Å². The van der Waals surface area contributed by atoms with E-state index >= 15 is 0 Å². The van der Waals surface area contributed by atoms with Crippen molar-refractivity contribution in [3.8, 4) is 11.5 Å². The van der Waals surface area contributed by atoms with E-state index in [1.165, 1.54) is 13.4 Å². The summed E-state index contributed by atoms with van der Waals surface area (Å²) in [5, 5.41) is 4.48. The molecule has 0 fully saturated rings. The molecule has 4 rings (SSSR count). The average Bonchev–Trinajstić information content (AvgIpc) is 2.89. The maximum absolute atomic E-state index is 12.1. The molecule has 0 saturated carbocycles. The summed E-state index contributed by atoms with van der Waals surface area (Å²) in [5.74, 6) is 1.60. The molecule has 1 atom stereocenters. The standard InChI is InChI=1S/C27H28ClN5O4/c1-18(14-33(2)25(34)16-35-3)37-24-9-6-8-22-26(24)27(31-17-30-22)32-19-10-11-23(21(28)13-19)36-15-20-7-4-5-12-29-20/h4-13,17-18H,14-16H2,1-3H3,(H,30,31,32). The molecule has 2 aromatic heterocycles. The minimum atomic E-state index is -0.283. The van der Waals surface area contributed by atoms with Crippen molar-refractivity contribution in [3.63, 3.8) is 0 Å². The van der Waals surface area contributed by atoms with E-state index in [4.69, 9.17) is 25.8 Å². The van der Waals surface area contributed by atoms with Gasteiger partial charge in [0.25, 0.3) is 0 Å². The van der Waals surface area contributed by atoms with Crippen LogP contribution < -0.4 is 14.8 Å². The van der Waals surface area contributed by atoms with Crippen LogP contribution in [0.5, 0.6) is 11.5 Å². The number of aromatic nitrogens is 3. The summed E-state index contributed by atoms with van der Waals surface area (Å²) in [6.45, 7) is 2.63. The Balaban J connectivity index is 1.51. The van der Waals surface area contributed by atoms with Crippen LogP contribution in [0.1, 0.15) is 12.6 Å². The van der Waals surface area contributed by atoms with Gasteiger partial charge < -0.3 is 24.4 Å². The van der Waals surface area contributed by atoms with E-state index in [2.05, 4.69) is 20.3 Å². The van der Waals surface area contributed by atoms with Crippen molar-refractivity contribution in [2.24, 2.45) is 0 Å².